The summed E-state index contributed by atoms with van der Waals surface area (Å²) >= 11 is 0. The average Bonchev–Trinajstić information content (AvgIpc) is 3.35. The highest BCUT2D eigenvalue weighted by molar-refractivity contribution is 7.89. The summed E-state index contributed by atoms with van der Waals surface area (Å²) in [7, 11) is -3.45. The standard InChI is InChI=1S/C17H24N2O3S/c20-17(18-14-5-3-1-2-4-6-14)13-7-11-16(12-8-13)23(21,22)19-15-9-10-15/h7-8,11-12,14-15,19H,1-6,9-10H2,(H,18,20). The molecule has 0 heterocycles. The highest BCUT2D eigenvalue weighted by Gasteiger charge is 2.28. The van der Waals surface area contributed by atoms with Crippen molar-refractivity contribution in [3.05, 3.63) is 29.8 Å². The zero-order chi connectivity index (χ0) is 16.3. The molecule has 0 radical (unpaired) electrons. The molecular formula is C17H24N2O3S. The van der Waals surface area contributed by atoms with Crippen molar-refractivity contribution < 1.29 is 13.2 Å². The first-order valence-corrected chi connectivity index (χ1v) is 9.96. The molecule has 0 aliphatic heterocycles. The third-order valence-corrected chi connectivity index (χ3v) is 6.05. The fourth-order valence-corrected chi connectivity index (χ4v) is 4.27. The largest absolute Gasteiger partial charge is 0.349 e. The van der Waals surface area contributed by atoms with Crippen molar-refractivity contribution in [1.82, 2.24) is 10.0 Å². The van der Waals surface area contributed by atoms with Gasteiger partial charge in [-0.1, -0.05) is 25.7 Å². The van der Waals surface area contributed by atoms with Crippen LogP contribution in [0, 0.1) is 0 Å². The Morgan fingerprint density at radius 1 is 0.870 bits per heavy atom. The molecule has 2 saturated carbocycles. The van der Waals surface area contributed by atoms with Gasteiger partial charge in [0.15, 0.2) is 0 Å². The summed E-state index contributed by atoms with van der Waals surface area (Å²) in [5.41, 5.74) is 0.514. The number of carbonyl (C=O) groups is 1. The van der Waals surface area contributed by atoms with Crippen LogP contribution in [0.3, 0.4) is 0 Å². The van der Waals surface area contributed by atoms with Crippen molar-refractivity contribution >= 4 is 15.9 Å². The number of nitrogens with one attached hydrogen (secondary N) is 2. The van der Waals surface area contributed by atoms with Crippen molar-refractivity contribution in [2.75, 3.05) is 0 Å². The molecule has 3 rings (SSSR count). The molecule has 2 N–H and O–H groups in total. The third kappa shape index (κ3) is 4.54. The lowest BCUT2D eigenvalue weighted by atomic mass is 10.1. The summed E-state index contributed by atoms with van der Waals surface area (Å²) in [5, 5.41) is 3.07. The van der Waals surface area contributed by atoms with Crippen molar-refractivity contribution in [2.24, 2.45) is 0 Å². The minimum Gasteiger partial charge on any atom is -0.349 e. The van der Waals surface area contributed by atoms with Crippen molar-refractivity contribution in [1.29, 1.82) is 0 Å². The van der Waals surface area contributed by atoms with Crippen LogP contribution >= 0.6 is 0 Å². The van der Waals surface area contributed by atoms with E-state index < -0.39 is 10.0 Å². The van der Waals surface area contributed by atoms with Crippen LogP contribution in [0.25, 0.3) is 0 Å². The molecule has 1 amide bonds. The highest BCUT2D eigenvalue weighted by Crippen LogP contribution is 2.22. The maximum Gasteiger partial charge on any atom is 0.251 e. The molecule has 5 nitrogen and oxygen atoms in total. The molecule has 23 heavy (non-hydrogen) atoms. The Bertz CT molecular complexity index is 643. The molecule has 126 valence electrons. The van der Waals surface area contributed by atoms with Gasteiger partial charge in [-0.3, -0.25) is 4.79 Å². The molecule has 0 unspecified atom stereocenters. The van der Waals surface area contributed by atoms with Gasteiger partial charge < -0.3 is 5.32 Å². The molecule has 0 bridgehead atoms. The van der Waals surface area contributed by atoms with Gasteiger partial charge in [0.1, 0.15) is 0 Å². The van der Waals surface area contributed by atoms with Gasteiger partial charge in [0, 0.05) is 17.6 Å². The first-order valence-electron chi connectivity index (χ1n) is 8.48. The quantitative estimate of drug-likeness (QED) is 0.812. The van der Waals surface area contributed by atoms with Gasteiger partial charge in [0.2, 0.25) is 10.0 Å². The normalized spacial score (nSPS) is 20.0. The lowest BCUT2D eigenvalue weighted by Gasteiger charge is -2.16. The molecule has 1 aromatic rings. The summed E-state index contributed by atoms with van der Waals surface area (Å²) in [5.74, 6) is -0.115. The van der Waals surface area contributed by atoms with E-state index >= 15 is 0 Å². The number of hydrogen-bond donors (Lipinski definition) is 2. The molecular weight excluding hydrogens is 312 g/mol. The highest BCUT2D eigenvalue weighted by atomic mass is 32.2. The van der Waals surface area contributed by atoms with Crippen LogP contribution in [0.4, 0.5) is 0 Å². The summed E-state index contributed by atoms with van der Waals surface area (Å²) in [6, 6.07) is 6.52. The summed E-state index contributed by atoms with van der Waals surface area (Å²) in [6.45, 7) is 0. The zero-order valence-electron chi connectivity index (χ0n) is 13.3. The van der Waals surface area contributed by atoms with Gasteiger partial charge in [0.05, 0.1) is 4.90 Å². The SMILES string of the molecule is O=C(NC1CCCCCC1)c1ccc(S(=O)(=O)NC2CC2)cc1. The van der Waals surface area contributed by atoms with E-state index in [9.17, 15) is 13.2 Å². The van der Waals surface area contributed by atoms with Crippen LogP contribution < -0.4 is 10.0 Å². The van der Waals surface area contributed by atoms with E-state index in [0.29, 0.717) is 5.56 Å². The Hall–Kier alpha value is -1.40. The van der Waals surface area contributed by atoms with E-state index in [2.05, 4.69) is 10.0 Å². The average molecular weight is 336 g/mol. The van der Waals surface area contributed by atoms with Crippen molar-refractivity contribution in [3.8, 4) is 0 Å². The minimum atomic E-state index is -3.45. The van der Waals surface area contributed by atoms with E-state index in [4.69, 9.17) is 0 Å². The fraction of sp³-hybridized carbons (Fsp3) is 0.588. The maximum atomic E-state index is 12.3. The molecule has 0 aromatic heterocycles. The molecule has 1 aromatic carbocycles. The number of benzene rings is 1. The van der Waals surface area contributed by atoms with E-state index in [1.165, 1.54) is 25.0 Å². The summed E-state index contributed by atoms with van der Waals surface area (Å²) < 4.78 is 26.9. The second kappa shape index (κ2) is 7.01. The topological polar surface area (TPSA) is 75.3 Å². The second-order valence-electron chi connectivity index (χ2n) is 6.58. The number of sulfonamides is 1. The summed E-state index contributed by atoms with van der Waals surface area (Å²) in [4.78, 5) is 12.5. The maximum absolute atomic E-state index is 12.3. The van der Waals surface area contributed by atoms with E-state index in [1.54, 1.807) is 12.1 Å². The van der Waals surface area contributed by atoms with Crippen LogP contribution in [0.1, 0.15) is 61.7 Å². The molecule has 0 saturated heterocycles. The smallest absolute Gasteiger partial charge is 0.251 e. The lowest BCUT2D eigenvalue weighted by Crippen LogP contribution is -2.34. The number of amides is 1. The van der Waals surface area contributed by atoms with Crippen LogP contribution in [0.2, 0.25) is 0 Å². The predicted octanol–water partition coefficient (Wildman–Crippen LogP) is 2.58. The zero-order valence-corrected chi connectivity index (χ0v) is 14.1. The fourth-order valence-electron chi connectivity index (χ4n) is 2.97. The Labute approximate surface area is 137 Å². The van der Waals surface area contributed by atoms with Crippen molar-refractivity contribution in [2.45, 2.75) is 68.3 Å². The molecule has 6 heteroatoms. The molecule has 0 atom stereocenters. The third-order valence-electron chi connectivity index (χ3n) is 4.52. The Kier molecular flexibility index (Phi) is 5.02. The number of carbonyl (C=O) groups excluding carboxylic acids is 1. The lowest BCUT2D eigenvalue weighted by molar-refractivity contribution is 0.0933. The van der Waals surface area contributed by atoms with Crippen LogP contribution in [0.5, 0.6) is 0 Å². The van der Waals surface area contributed by atoms with Gasteiger partial charge in [-0.2, -0.15) is 0 Å². The number of rotatable bonds is 5. The van der Waals surface area contributed by atoms with Crippen molar-refractivity contribution in [3.63, 3.8) is 0 Å². The van der Waals surface area contributed by atoms with Gasteiger partial charge in [-0.25, -0.2) is 13.1 Å². The Balaban J connectivity index is 1.62. The van der Waals surface area contributed by atoms with E-state index in [-0.39, 0.29) is 22.9 Å². The first kappa shape index (κ1) is 16.5. The minimum absolute atomic E-state index is 0.0817. The van der Waals surface area contributed by atoms with Crippen LogP contribution in [-0.4, -0.2) is 26.4 Å². The Morgan fingerprint density at radius 3 is 2.04 bits per heavy atom. The Morgan fingerprint density at radius 2 is 1.48 bits per heavy atom. The van der Waals surface area contributed by atoms with Gasteiger partial charge in [-0.15, -0.1) is 0 Å². The summed E-state index contributed by atoms with van der Waals surface area (Å²) in [6.07, 6.45) is 8.68. The molecule has 2 fully saturated rings. The van der Waals surface area contributed by atoms with E-state index in [0.717, 1.165) is 38.5 Å². The van der Waals surface area contributed by atoms with Gasteiger partial charge in [0.25, 0.3) is 5.91 Å². The number of hydrogen-bond acceptors (Lipinski definition) is 3. The van der Waals surface area contributed by atoms with Gasteiger partial charge >= 0.3 is 0 Å². The molecule has 2 aliphatic rings. The van der Waals surface area contributed by atoms with E-state index in [1.807, 2.05) is 0 Å². The predicted molar refractivity (Wildman–Crippen MR) is 88.7 cm³/mol. The molecule has 2 aliphatic carbocycles. The first-order chi connectivity index (χ1) is 11.0. The van der Waals surface area contributed by atoms with Gasteiger partial charge in [-0.05, 0) is 49.9 Å². The van der Waals surface area contributed by atoms with Crippen LogP contribution in [-0.2, 0) is 10.0 Å². The monoisotopic (exact) mass is 336 g/mol. The molecule has 0 spiro atoms. The second-order valence-corrected chi connectivity index (χ2v) is 8.30. The van der Waals surface area contributed by atoms with Crippen LogP contribution in [0.15, 0.2) is 29.2 Å².